The smallest absolute Gasteiger partial charge is 0.0696 e. The number of rotatable bonds is 3. The fraction of sp³-hybridized carbons (Fsp3) is 0.714. The van der Waals surface area contributed by atoms with Crippen LogP contribution in [0.4, 0.5) is 0 Å². The molecule has 1 aliphatic rings. The van der Waals surface area contributed by atoms with E-state index in [0.717, 1.165) is 25.2 Å². The van der Waals surface area contributed by atoms with Crippen molar-refractivity contribution in [3.63, 3.8) is 0 Å². The quantitative estimate of drug-likeness (QED) is 0.789. The predicted molar refractivity (Wildman–Crippen MR) is 69.8 cm³/mol. The summed E-state index contributed by atoms with van der Waals surface area (Å²) in [4.78, 5) is 1.33. The van der Waals surface area contributed by atoms with Gasteiger partial charge in [0.1, 0.15) is 0 Å². The maximum Gasteiger partial charge on any atom is 0.0696 e. The summed E-state index contributed by atoms with van der Waals surface area (Å²) < 4.78 is 0. The van der Waals surface area contributed by atoms with E-state index < -0.39 is 5.60 Å². The van der Waals surface area contributed by atoms with Crippen molar-refractivity contribution >= 4 is 11.3 Å². The first-order valence-electron chi connectivity index (χ1n) is 6.46. The topological polar surface area (TPSA) is 20.2 Å². The molecule has 2 unspecified atom stereocenters. The third kappa shape index (κ3) is 3.08. The van der Waals surface area contributed by atoms with Crippen LogP contribution < -0.4 is 0 Å². The average Bonchev–Trinajstić information content (AvgIpc) is 2.68. The highest BCUT2D eigenvalue weighted by Crippen LogP contribution is 2.34. The molecule has 2 heteroatoms. The van der Waals surface area contributed by atoms with Crippen molar-refractivity contribution in [2.75, 3.05) is 0 Å². The van der Waals surface area contributed by atoms with Gasteiger partial charge in [0, 0.05) is 11.3 Å². The summed E-state index contributed by atoms with van der Waals surface area (Å²) >= 11 is 1.77. The number of aliphatic hydroxyl groups is 1. The molecule has 0 bridgehead atoms. The molecule has 1 aliphatic carbocycles. The van der Waals surface area contributed by atoms with Crippen molar-refractivity contribution in [3.8, 4) is 0 Å². The third-order valence-corrected chi connectivity index (χ3v) is 4.81. The Labute approximate surface area is 103 Å². The summed E-state index contributed by atoms with van der Waals surface area (Å²) in [6.45, 7) is 2.27. The first-order valence-corrected chi connectivity index (χ1v) is 7.34. The van der Waals surface area contributed by atoms with Crippen LogP contribution in [0.25, 0.3) is 0 Å². The molecule has 0 aliphatic heterocycles. The van der Waals surface area contributed by atoms with Crippen molar-refractivity contribution < 1.29 is 5.11 Å². The van der Waals surface area contributed by atoms with Gasteiger partial charge in [0.25, 0.3) is 0 Å². The van der Waals surface area contributed by atoms with Crippen molar-refractivity contribution in [1.82, 2.24) is 0 Å². The zero-order valence-electron chi connectivity index (χ0n) is 10.1. The molecule has 16 heavy (non-hydrogen) atoms. The van der Waals surface area contributed by atoms with Gasteiger partial charge >= 0.3 is 0 Å². The Bertz CT molecular complexity index is 307. The number of thiophene rings is 1. The Balaban J connectivity index is 1.96. The molecule has 2 rings (SSSR count). The van der Waals surface area contributed by atoms with Gasteiger partial charge < -0.3 is 5.11 Å². The molecule has 0 saturated heterocycles. The van der Waals surface area contributed by atoms with Crippen LogP contribution in [-0.2, 0) is 6.42 Å². The van der Waals surface area contributed by atoms with E-state index in [1.165, 1.54) is 30.6 Å². The van der Waals surface area contributed by atoms with E-state index in [-0.39, 0.29) is 0 Å². The Morgan fingerprint density at radius 3 is 3.00 bits per heavy atom. The molecule has 0 amide bonds. The number of hydrogen-bond acceptors (Lipinski definition) is 2. The van der Waals surface area contributed by atoms with Gasteiger partial charge in [-0.2, -0.15) is 0 Å². The van der Waals surface area contributed by atoms with Crippen LogP contribution in [0.2, 0.25) is 0 Å². The standard InChI is InChI=1S/C14H22OS/c1-2-12-5-3-8-14(15,9-7-12)11-13-6-4-10-16-13/h4,6,10,12,15H,2-3,5,7-9,11H2,1H3. The second-order valence-electron chi connectivity index (χ2n) is 5.19. The van der Waals surface area contributed by atoms with Crippen LogP contribution in [0.1, 0.15) is 50.3 Å². The lowest BCUT2D eigenvalue weighted by Crippen LogP contribution is -2.30. The molecule has 1 heterocycles. The number of hydrogen-bond donors (Lipinski definition) is 1. The lowest BCUT2D eigenvalue weighted by molar-refractivity contribution is 0.0249. The van der Waals surface area contributed by atoms with Crippen LogP contribution >= 0.6 is 11.3 Å². The van der Waals surface area contributed by atoms with E-state index in [2.05, 4.69) is 24.4 Å². The molecule has 90 valence electrons. The second kappa shape index (κ2) is 5.33. The van der Waals surface area contributed by atoms with Crippen LogP contribution in [0.15, 0.2) is 17.5 Å². The SMILES string of the molecule is CCC1CCCC(O)(Cc2cccs2)CC1. The largest absolute Gasteiger partial charge is 0.390 e. The van der Waals surface area contributed by atoms with E-state index in [1.54, 1.807) is 11.3 Å². The van der Waals surface area contributed by atoms with Crippen LogP contribution in [0.3, 0.4) is 0 Å². The lowest BCUT2D eigenvalue weighted by Gasteiger charge is -2.26. The summed E-state index contributed by atoms with van der Waals surface area (Å²) in [7, 11) is 0. The van der Waals surface area contributed by atoms with E-state index in [4.69, 9.17) is 0 Å². The third-order valence-electron chi connectivity index (χ3n) is 3.93. The van der Waals surface area contributed by atoms with Crippen molar-refractivity contribution in [1.29, 1.82) is 0 Å². The molecule has 0 spiro atoms. The maximum absolute atomic E-state index is 10.6. The molecule has 1 aromatic heterocycles. The van der Waals surface area contributed by atoms with Gasteiger partial charge in [-0.25, -0.2) is 0 Å². The average molecular weight is 238 g/mol. The minimum absolute atomic E-state index is 0.422. The summed E-state index contributed by atoms with van der Waals surface area (Å²) in [5, 5.41) is 12.7. The van der Waals surface area contributed by atoms with Crippen LogP contribution in [-0.4, -0.2) is 10.7 Å². The monoisotopic (exact) mass is 238 g/mol. The molecule has 1 saturated carbocycles. The highest BCUT2D eigenvalue weighted by atomic mass is 32.1. The van der Waals surface area contributed by atoms with Crippen molar-refractivity contribution in [2.24, 2.45) is 5.92 Å². The lowest BCUT2D eigenvalue weighted by atomic mass is 9.89. The predicted octanol–water partition coefficient (Wildman–Crippen LogP) is 4.01. The molecular formula is C14H22OS. The molecule has 0 radical (unpaired) electrons. The Hall–Kier alpha value is -0.340. The van der Waals surface area contributed by atoms with Gasteiger partial charge in [-0.15, -0.1) is 11.3 Å². The molecule has 2 atom stereocenters. The molecule has 1 fully saturated rings. The minimum atomic E-state index is -0.422. The normalized spacial score (nSPS) is 31.2. The zero-order chi connectivity index (χ0) is 11.4. The highest BCUT2D eigenvalue weighted by Gasteiger charge is 2.30. The van der Waals surface area contributed by atoms with E-state index in [9.17, 15) is 5.11 Å². The van der Waals surface area contributed by atoms with Gasteiger partial charge in [0.05, 0.1) is 5.60 Å². The Kier molecular flexibility index (Phi) is 4.04. The molecule has 1 aromatic rings. The molecular weight excluding hydrogens is 216 g/mol. The molecule has 1 N–H and O–H groups in total. The van der Waals surface area contributed by atoms with Crippen LogP contribution in [0.5, 0.6) is 0 Å². The van der Waals surface area contributed by atoms with E-state index in [1.807, 2.05) is 0 Å². The van der Waals surface area contributed by atoms with Gasteiger partial charge in [0.15, 0.2) is 0 Å². The zero-order valence-corrected chi connectivity index (χ0v) is 10.9. The molecule has 0 aromatic carbocycles. The highest BCUT2D eigenvalue weighted by molar-refractivity contribution is 7.09. The second-order valence-corrected chi connectivity index (χ2v) is 6.22. The van der Waals surface area contributed by atoms with E-state index >= 15 is 0 Å². The minimum Gasteiger partial charge on any atom is -0.390 e. The van der Waals surface area contributed by atoms with Gasteiger partial charge in [-0.3, -0.25) is 0 Å². The summed E-state index contributed by atoms with van der Waals surface area (Å²) in [5.41, 5.74) is -0.422. The summed E-state index contributed by atoms with van der Waals surface area (Å²) in [5.74, 6) is 0.845. The van der Waals surface area contributed by atoms with E-state index in [0.29, 0.717) is 0 Å². The van der Waals surface area contributed by atoms with Crippen molar-refractivity contribution in [2.45, 2.75) is 57.5 Å². The van der Waals surface area contributed by atoms with Crippen LogP contribution in [0, 0.1) is 5.92 Å². The van der Waals surface area contributed by atoms with Gasteiger partial charge in [-0.1, -0.05) is 32.3 Å². The summed E-state index contributed by atoms with van der Waals surface area (Å²) in [6, 6.07) is 4.22. The first kappa shape index (κ1) is 12.1. The van der Waals surface area contributed by atoms with Gasteiger partial charge in [0.2, 0.25) is 0 Å². The van der Waals surface area contributed by atoms with Gasteiger partial charge in [-0.05, 0) is 36.6 Å². The Morgan fingerprint density at radius 1 is 1.44 bits per heavy atom. The van der Waals surface area contributed by atoms with Crippen molar-refractivity contribution in [3.05, 3.63) is 22.4 Å². The fourth-order valence-electron chi connectivity index (χ4n) is 2.78. The molecule has 1 nitrogen and oxygen atoms in total. The maximum atomic E-state index is 10.6. The fourth-order valence-corrected chi connectivity index (χ4v) is 3.63. The first-order chi connectivity index (χ1) is 7.72. The Morgan fingerprint density at radius 2 is 2.31 bits per heavy atom. The summed E-state index contributed by atoms with van der Waals surface area (Å²) in [6.07, 6.45) is 7.82.